The van der Waals surface area contributed by atoms with Crippen LogP contribution in [0.4, 0.5) is 10.1 Å². The lowest BCUT2D eigenvalue weighted by molar-refractivity contribution is 0.613. The summed E-state index contributed by atoms with van der Waals surface area (Å²) in [5, 5.41) is 6.91. The van der Waals surface area contributed by atoms with E-state index >= 15 is 0 Å². The minimum atomic E-state index is -0.281. The van der Waals surface area contributed by atoms with Gasteiger partial charge in [0.2, 0.25) is 0 Å². The first-order valence-electron chi connectivity index (χ1n) is 5.87. The smallest absolute Gasteiger partial charge is 0.129 e. The Hall–Kier alpha value is -1.58. The third kappa shape index (κ3) is 2.72. The van der Waals surface area contributed by atoms with E-state index in [1.165, 1.54) is 16.2 Å². The van der Waals surface area contributed by atoms with Crippen molar-refractivity contribution in [3.05, 3.63) is 64.2 Å². The molecule has 96 valence electrons. The molecule has 3 aromatic rings. The lowest BCUT2D eigenvalue weighted by atomic mass is 10.2. The van der Waals surface area contributed by atoms with Crippen molar-refractivity contribution < 1.29 is 4.39 Å². The molecule has 3 rings (SSSR count). The lowest BCUT2D eigenvalue weighted by Crippen LogP contribution is -2.01. The van der Waals surface area contributed by atoms with E-state index in [0.717, 1.165) is 5.69 Å². The van der Waals surface area contributed by atoms with Gasteiger partial charge in [0.25, 0.3) is 0 Å². The molecular weight excluding hydrogens is 281 g/mol. The summed E-state index contributed by atoms with van der Waals surface area (Å²) in [6, 6.07) is 13.0. The molecule has 0 aliphatic heterocycles. The van der Waals surface area contributed by atoms with Crippen molar-refractivity contribution in [3.8, 4) is 0 Å². The zero-order valence-electron chi connectivity index (χ0n) is 9.99. The average molecular weight is 292 g/mol. The van der Waals surface area contributed by atoms with E-state index in [-0.39, 0.29) is 5.82 Å². The van der Waals surface area contributed by atoms with Gasteiger partial charge in [0, 0.05) is 27.5 Å². The number of hydrogen-bond acceptors (Lipinski definition) is 2. The molecule has 0 spiro atoms. The van der Waals surface area contributed by atoms with Crippen LogP contribution in [-0.2, 0) is 6.54 Å². The summed E-state index contributed by atoms with van der Waals surface area (Å²) in [6.45, 7) is 0.443. The molecule has 1 nitrogen and oxygen atoms in total. The van der Waals surface area contributed by atoms with Crippen LogP contribution in [0.5, 0.6) is 0 Å². The SMILES string of the molecule is Fc1cc(Cl)ccc1CNc1ccc2sccc2c1. The second-order valence-corrected chi connectivity index (χ2v) is 5.65. The number of halogens is 2. The van der Waals surface area contributed by atoms with Crippen molar-refractivity contribution in [3.63, 3.8) is 0 Å². The first kappa shape index (κ1) is 12.5. The molecular formula is C15H11ClFNS. The summed E-state index contributed by atoms with van der Waals surface area (Å²) in [6.07, 6.45) is 0. The topological polar surface area (TPSA) is 12.0 Å². The summed E-state index contributed by atoms with van der Waals surface area (Å²) >= 11 is 7.44. The number of nitrogens with one attached hydrogen (secondary N) is 1. The number of rotatable bonds is 3. The quantitative estimate of drug-likeness (QED) is 0.690. The molecule has 19 heavy (non-hydrogen) atoms. The maximum absolute atomic E-state index is 13.6. The van der Waals surface area contributed by atoms with E-state index in [1.54, 1.807) is 23.5 Å². The van der Waals surface area contributed by atoms with Crippen LogP contribution >= 0.6 is 22.9 Å². The molecule has 0 atom stereocenters. The molecule has 0 radical (unpaired) electrons. The molecule has 0 aliphatic rings. The van der Waals surface area contributed by atoms with Crippen LogP contribution in [-0.4, -0.2) is 0 Å². The van der Waals surface area contributed by atoms with Gasteiger partial charge in [0.05, 0.1) is 0 Å². The molecule has 0 unspecified atom stereocenters. The van der Waals surface area contributed by atoms with Gasteiger partial charge < -0.3 is 5.32 Å². The van der Waals surface area contributed by atoms with E-state index in [0.29, 0.717) is 17.1 Å². The Morgan fingerprint density at radius 2 is 2.00 bits per heavy atom. The number of hydrogen-bond donors (Lipinski definition) is 1. The van der Waals surface area contributed by atoms with Crippen LogP contribution in [0.2, 0.25) is 5.02 Å². The second-order valence-electron chi connectivity index (χ2n) is 4.26. The van der Waals surface area contributed by atoms with Crippen LogP contribution in [0.15, 0.2) is 47.8 Å². The van der Waals surface area contributed by atoms with Crippen molar-refractivity contribution in [2.24, 2.45) is 0 Å². The van der Waals surface area contributed by atoms with Gasteiger partial charge in [0.1, 0.15) is 5.82 Å². The van der Waals surface area contributed by atoms with E-state index in [2.05, 4.69) is 28.9 Å². The zero-order chi connectivity index (χ0) is 13.2. The van der Waals surface area contributed by atoms with E-state index < -0.39 is 0 Å². The van der Waals surface area contributed by atoms with Gasteiger partial charge in [-0.2, -0.15) is 0 Å². The van der Waals surface area contributed by atoms with Crippen LogP contribution in [0.3, 0.4) is 0 Å². The Bertz CT molecular complexity index is 723. The van der Waals surface area contributed by atoms with E-state index in [4.69, 9.17) is 11.6 Å². The van der Waals surface area contributed by atoms with Gasteiger partial charge in [-0.15, -0.1) is 11.3 Å². The fourth-order valence-electron chi connectivity index (χ4n) is 1.94. The zero-order valence-corrected chi connectivity index (χ0v) is 11.6. The summed E-state index contributed by atoms with van der Waals surface area (Å²) in [5.74, 6) is -0.281. The van der Waals surface area contributed by atoms with Crippen molar-refractivity contribution >= 4 is 38.7 Å². The van der Waals surface area contributed by atoms with Gasteiger partial charge in [0.15, 0.2) is 0 Å². The average Bonchev–Trinajstić information content (AvgIpc) is 2.85. The van der Waals surface area contributed by atoms with Crippen molar-refractivity contribution in [2.75, 3.05) is 5.32 Å². The predicted octanol–water partition coefficient (Wildman–Crippen LogP) is 5.31. The molecule has 1 N–H and O–H groups in total. The Labute approximate surface area is 119 Å². The van der Waals surface area contributed by atoms with Crippen LogP contribution < -0.4 is 5.32 Å². The van der Waals surface area contributed by atoms with Crippen molar-refractivity contribution in [1.29, 1.82) is 0 Å². The summed E-state index contributed by atoms with van der Waals surface area (Å²) in [7, 11) is 0. The van der Waals surface area contributed by atoms with Gasteiger partial charge in [-0.25, -0.2) is 4.39 Å². The normalized spacial score (nSPS) is 10.8. The highest BCUT2D eigenvalue weighted by molar-refractivity contribution is 7.17. The third-order valence-electron chi connectivity index (χ3n) is 2.95. The van der Waals surface area contributed by atoms with Gasteiger partial charge >= 0.3 is 0 Å². The van der Waals surface area contributed by atoms with E-state index in [1.807, 2.05) is 6.07 Å². The Morgan fingerprint density at radius 3 is 2.84 bits per heavy atom. The molecule has 0 saturated carbocycles. The Kier molecular flexibility index (Phi) is 3.40. The molecule has 1 heterocycles. The summed E-state index contributed by atoms with van der Waals surface area (Å²) < 4.78 is 14.9. The largest absolute Gasteiger partial charge is 0.381 e. The molecule has 4 heteroatoms. The lowest BCUT2D eigenvalue weighted by Gasteiger charge is -2.08. The molecule has 0 amide bonds. The number of fused-ring (bicyclic) bond motifs is 1. The number of anilines is 1. The number of thiophene rings is 1. The first-order chi connectivity index (χ1) is 9.22. The minimum absolute atomic E-state index is 0.281. The highest BCUT2D eigenvalue weighted by atomic mass is 35.5. The van der Waals surface area contributed by atoms with Gasteiger partial charge in [-0.05, 0) is 47.2 Å². The van der Waals surface area contributed by atoms with Crippen LogP contribution in [0, 0.1) is 5.82 Å². The van der Waals surface area contributed by atoms with Crippen molar-refractivity contribution in [1.82, 2.24) is 0 Å². The first-order valence-corrected chi connectivity index (χ1v) is 7.13. The fraction of sp³-hybridized carbons (Fsp3) is 0.0667. The molecule has 0 saturated heterocycles. The maximum atomic E-state index is 13.6. The predicted molar refractivity (Wildman–Crippen MR) is 80.6 cm³/mol. The monoisotopic (exact) mass is 291 g/mol. The second kappa shape index (κ2) is 5.19. The van der Waals surface area contributed by atoms with E-state index in [9.17, 15) is 4.39 Å². The van der Waals surface area contributed by atoms with Crippen LogP contribution in [0.1, 0.15) is 5.56 Å². The number of benzene rings is 2. The third-order valence-corrected chi connectivity index (χ3v) is 4.08. The molecule has 0 aliphatic carbocycles. The van der Waals surface area contributed by atoms with Crippen LogP contribution in [0.25, 0.3) is 10.1 Å². The van der Waals surface area contributed by atoms with Gasteiger partial charge in [-0.1, -0.05) is 17.7 Å². The highest BCUT2D eigenvalue weighted by Gasteiger charge is 2.03. The molecule has 2 aromatic carbocycles. The summed E-state index contributed by atoms with van der Waals surface area (Å²) in [5.41, 5.74) is 1.59. The molecule has 1 aromatic heterocycles. The maximum Gasteiger partial charge on any atom is 0.129 e. The Balaban J connectivity index is 1.77. The molecule has 0 fully saturated rings. The minimum Gasteiger partial charge on any atom is -0.381 e. The Morgan fingerprint density at radius 1 is 1.11 bits per heavy atom. The fourth-order valence-corrected chi connectivity index (χ4v) is 2.87. The standard InChI is InChI=1S/C15H11ClFNS/c16-12-2-1-11(14(17)8-12)9-18-13-3-4-15-10(7-13)5-6-19-15/h1-8,18H,9H2. The van der Waals surface area contributed by atoms with Crippen molar-refractivity contribution in [2.45, 2.75) is 6.54 Å². The highest BCUT2D eigenvalue weighted by Crippen LogP contribution is 2.24. The summed E-state index contributed by atoms with van der Waals surface area (Å²) in [4.78, 5) is 0. The molecule has 0 bridgehead atoms. The van der Waals surface area contributed by atoms with Gasteiger partial charge in [-0.3, -0.25) is 0 Å².